The zero-order chi connectivity index (χ0) is 13.1. The highest BCUT2D eigenvalue weighted by atomic mass is 32.1. The molecule has 4 heteroatoms. The molecular weight excluding hydrogens is 256 g/mol. The average molecular weight is 269 g/mol. The molecule has 4 rings (SSSR count). The van der Waals surface area contributed by atoms with Crippen LogP contribution >= 0.6 is 11.3 Å². The first-order valence-electron chi connectivity index (χ1n) is 6.17. The number of hydrogen-bond acceptors (Lipinski definition) is 2. The number of nitrogens with one attached hydrogen (secondary N) is 1. The number of aromatic hydroxyl groups is 1. The fourth-order valence-corrected chi connectivity index (χ4v) is 3.74. The van der Waals surface area contributed by atoms with Crippen LogP contribution < -0.4 is 4.57 Å². The number of phenols is 1. The normalized spacial score (nSPS) is 11.9. The molecule has 2 aromatic heterocycles. The van der Waals surface area contributed by atoms with Crippen LogP contribution in [0.4, 0.5) is 0 Å². The van der Waals surface area contributed by atoms with E-state index in [4.69, 9.17) is 0 Å². The Morgan fingerprint density at radius 2 is 1.89 bits per heavy atom. The lowest BCUT2D eigenvalue weighted by Crippen LogP contribution is -2.29. The van der Waals surface area contributed by atoms with Crippen molar-refractivity contribution in [3.63, 3.8) is 0 Å². The average Bonchev–Trinajstić information content (AvgIpc) is 2.86. The van der Waals surface area contributed by atoms with Gasteiger partial charge in [0.05, 0.1) is 7.05 Å². The van der Waals surface area contributed by atoms with Gasteiger partial charge in [0.1, 0.15) is 5.75 Å². The number of hydrogen-bond donors (Lipinski definition) is 2. The van der Waals surface area contributed by atoms with Gasteiger partial charge in [0.25, 0.3) is 5.82 Å². The van der Waals surface area contributed by atoms with Gasteiger partial charge in [-0.2, -0.15) is 0 Å². The monoisotopic (exact) mass is 269 g/mol. The second-order valence-electron chi connectivity index (χ2n) is 4.92. The van der Waals surface area contributed by atoms with Crippen LogP contribution in [0.3, 0.4) is 0 Å². The molecule has 2 heterocycles. The van der Waals surface area contributed by atoms with Crippen molar-refractivity contribution in [1.82, 2.24) is 4.98 Å². The Morgan fingerprint density at radius 3 is 2.74 bits per heavy atom. The minimum atomic E-state index is 0.320. The highest BCUT2D eigenvalue weighted by Crippen LogP contribution is 2.37. The number of nitrogens with zero attached hydrogens (tertiary/aromatic N) is 1. The molecule has 0 radical (unpaired) electrons. The third-order valence-electron chi connectivity index (χ3n) is 3.75. The first kappa shape index (κ1) is 10.8. The third-order valence-corrected chi connectivity index (χ3v) is 4.88. The molecule has 0 unspecified atom stereocenters. The van der Waals surface area contributed by atoms with Crippen LogP contribution in [-0.4, -0.2) is 10.1 Å². The quantitative estimate of drug-likeness (QED) is 0.472. The molecule has 4 aromatic rings. The summed E-state index contributed by atoms with van der Waals surface area (Å²) in [7, 11) is 2.07. The lowest BCUT2D eigenvalue weighted by atomic mass is 10.1. The molecule has 0 spiro atoms. The highest BCUT2D eigenvalue weighted by Gasteiger charge is 2.15. The first-order valence-corrected chi connectivity index (χ1v) is 6.99. The third kappa shape index (κ3) is 1.40. The summed E-state index contributed by atoms with van der Waals surface area (Å²) in [5.41, 5.74) is 2.34. The topological polar surface area (TPSA) is 39.9 Å². The van der Waals surface area contributed by atoms with Crippen molar-refractivity contribution < 1.29 is 9.67 Å². The molecule has 0 saturated carbocycles. The molecule has 0 aliphatic heterocycles. The van der Waals surface area contributed by atoms with Crippen molar-refractivity contribution in [1.29, 1.82) is 0 Å². The summed E-state index contributed by atoms with van der Waals surface area (Å²) in [6.45, 7) is 2.07. The molecule has 3 nitrogen and oxygen atoms in total. The molecule has 2 aromatic carbocycles. The van der Waals surface area contributed by atoms with Gasteiger partial charge in [-0.1, -0.05) is 0 Å². The molecule has 94 valence electrons. The lowest BCUT2D eigenvalue weighted by Gasteiger charge is -1.93. The first-order chi connectivity index (χ1) is 9.13. The molecule has 0 aliphatic carbocycles. The standard InChI is InChI=1S/C15H12N2OS/c1-8-16-12-6-11-10-5-9(18)3-4-14(10)19-15(11)7-13(12)17(8)2/h3-7,18H,1-2H3/p+1. The Morgan fingerprint density at radius 1 is 1.11 bits per heavy atom. The molecule has 0 bridgehead atoms. The number of fused-ring (bicyclic) bond motifs is 4. The molecule has 0 fully saturated rings. The van der Waals surface area contributed by atoms with Crippen LogP contribution in [-0.2, 0) is 7.05 Å². The minimum absolute atomic E-state index is 0.320. The fourth-order valence-electron chi connectivity index (χ4n) is 2.64. The summed E-state index contributed by atoms with van der Waals surface area (Å²) < 4.78 is 4.62. The van der Waals surface area contributed by atoms with Crippen LogP contribution in [0.25, 0.3) is 31.2 Å². The minimum Gasteiger partial charge on any atom is -0.508 e. The van der Waals surface area contributed by atoms with E-state index in [0.717, 1.165) is 16.7 Å². The second kappa shape index (κ2) is 3.48. The number of phenolic OH excluding ortho intramolecular Hbond substituents is 1. The van der Waals surface area contributed by atoms with Gasteiger partial charge in [-0.05, 0) is 24.3 Å². The Hall–Kier alpha value is -2.07. The van der Waals surface area contributed by atoms with Gasteiger partial charge in [0.15, 0.2) is 11.0 Å². The summed E-state index contributed by atoms with van der Waals surface area (Å²) in [6.07, 6.45) is 0. The van der Waals surface area contributed by atoms with E-state index in [2.05, 4.69) is 35.7 Å². The van der Waals surface area contributed by atoms with Crippen LogP contribution in [0.2, 0.25) is 0 Å². The Bertz CT molecular complexity index is 949. The highest BCUT2D eigenvalue weighted by molar-refractivity contribution is 7.25. The maximum atomic E-state index is 9.66. The molecule has 2 N–H and O–H groups in total. The maximum absolute atomic E-state index is 9.66. The zero-order valence-electron chi connectivity index (χ0n) is 10.7. The predicted molar refractivity (Wildman–Crippen MR) is 78.8 cm³/mol. The molecule has 0 aliphatic rings. The second-order valence-corrected chi connectivity index (χ2v) is 6.00. The molecular formula is C15H13N2OS+. The number of imidazole rings is 1. The van der Waals surface area contributed by atoms with Crippen molar-refractivity contribution in [3.05, 3.63) is 36.2 Å². The van der Waals surface area contributed by atoms with Gasteiger partial charge >= 0.3 is 0 Å². The molecule has 0 saturated heterocycles. The van der Waals surface area contributed by atoms with Gasteiger partial charge in [-0.15, -0.1) is 11.3 Å². The zero-order valence-corrected chi connectivity index (χ0v) is 11.5. The summed E-state index contributed by atoms with van der Waals surface area (Å²) in [6, 6.07) is 9.96. The molecule has 19 heavy (non-hydrogen) atoms. The Kier molecular flexibility index (Phi) is 1.98. The number of aromatic amines is 1. The number of aryl methyl sites for hydroxylation is 2. The summed E-state index contributed by atoms with van der Waals surface area (Å²) >= 11 is 1.76. The number of H-pyrrole nitrogens is 1. The van der Waals surface area contributed by atoms with E-state index >= 15 is 0 Å². The number of benzene rings is 2. The van der Waals surface area contributed by atoms with E-state index in [1.807, 2.05) is 12.1 Å². The van der Waals surface area contributed by atoms with Crippen LogP contribution in [0, 0.1) is 6.92 Å². The van der Waals surface area contributed by atoms with Gasteiger partial charge in [-0.3, -0.25) is 0 Å². The number of thiophene rings is 1. The van der Waals surface area contributed by atoms with E-state index in [9.17, 15) is 5.11 Å². The number of rotatable bonds is 0. The molecule has 0 amide bonds. The van der Waals surface area contributed by atoms with Crippen LogP contribution in [0.5, 0.6) is 5.75 Å². The van der Waals surface area contributed by atoms with Crippen molar-refractivity contribution in [3.8, 4) is 5.75 Å². The van der Waals surface area contributed by atoms with E-state index in [1.165, 1.54) is 20.3 Å². The van der Waals surface area contributed by atoms with E-state index in [-0.39, 0.29) is 0 Å². The van der Waals surface area contributed by atoms with Crippen molar-refractivity contribution in [2.45, 2.75) is 6.92 Å². The molecule has 0 atom stereocenters. The van der Waals surface area contributed by atoms with Crippen molar-refractivity contribution >= 4 is 42.5 Å². The van der Waals surface area contributed by atoms with Crippen LogP contribution in [0.15, 0.2) is 30.3 Å². The smallest absolute Gasteiger partial charge is 0.251 e. The van der Waals surface area contributed by atoms with Crippen molar-refractivity contribution in [2.75, 3.05) is 0 Å². The van der Waals surface area contributed by atoms with Gasteiger partial charge in [0, 0.05) is 33.2 Å². The Labute approximate surface area is 113 Å². The van der Waals surface area contributed by atoms with E-state index in [1.54, 1.807) is 17.4 Å². The summed E-state index contributed by atoms with van der Waals surface area (Å²) in [5.74, 6) is 1.46. The SMILES string of the molecule is Cc1[nH]c2cc3c(cc2[n+]1C)sc1ccc(O)cc13. The largest absolute Gasteiger partial charge is 0.508 e. The van der Waals surface area contributed by atoms with Crippen molar-refractivity contribution in [2.24, 2.45) is 7.05 Å². The van der Waals surface area contributed by atoms with E-state index in [0.29, 0.717) is 5.75 Å². The predicted octanol–water partition coefficient (Wildman–Crippen LogP) is 3.37. The van der Waals surface area contributed by atoms with E-state index < -0.39 is 0 Å². The fraction of sp³-hybridized carbons (Fsp3) is 0.133. The number of aromatic nitrogens is 2. The van der Waals surface area contributed by atoms with Gasteiger partial charge in [-0.25, -0.2) is 9.55 Å². The maximum Gasteiger partial charge on any atom is 0.251 e. The summed E-state index contributed by atoms with van der Waals surface area (Å²) in [5, 5.41) is 12.0. The lowest BCUT2D eigenvalue weighted by molar-refractivity contribution is -0.651. The van der Waals surface area contributed by atoms with Gasteiger partial charge < -0.3 is 5.11 Å². The summed E-state index contributed by atoms with van der Waals surface area (Å²) in [4.78, 5) is 3.39. The Balaban J connectivity index is 2.23. The van der Waals surface area contributed by atoms with Crippen LogP contribution in [0.1, 0.15) is 5.82 Å². The van der Waals surface area contributed by atoms with Gasteiger partial charge in [0.2, 0.25) is 0 Å².